The van der Waals surface area contributed by atoms with Gasteiger partial charge >= 0.3 is 0 Å². The molecule has 0 fully saturated rings. The van der Waals surface area contributed by atoms with Crippen LogP contribution in [-0.4, -0.2) is 16.2 Å². The van der Waals surface area contributed by atoms with Crippen molar-refractivity contribution in [1.29, 1.82) is 0 Å². The van der Waals surface area contributed by atoms with E-state index >= 15 is 0 Å². The highest BCUT2D eigenvalue weighted by molar-refractivity contribution is 5.44. The molecule has 0 atom stereocenters. The van der Waals surface area contributed by atoms with E-state index in [0.717, 1.165) is 22.6 Å². The van der Waals surface area contributed by atoms with E-state index in [9.17, 15) is 4.39 Å². The van der Waals surface area contributed by atoms with Gasteiger partial charge in [-0.2, -0.15) is 0 Å². The summed E-state index contributed by atoms with van der Waals surface area (Å²) < 4.78 is 15.4. The molecule has 0 amide bonds. The van der Waals surface area contributed by atoms with Crippen LogP contribution >= 0.6 is 0 Å². The van der Waals surface area contributed by atoms with Crippen molar-refractivity contribution in [1.82, 2.24) is 14.9 Å². The van der Waals surface area contributed by atoms with Crippen molar-refractivity contribution in [2.24, 2.45) is 0 Å². The molecule has 106 valence electrons. The maximum atomic E-state index is 13.5. The number of benzene rings is 1. The van der Waals surface area contributed by atoms with Crippen molar-refractivity contribution < 1.29 is 14.2 Å². The standard InChI is InChI=1S/C14H16FN3O2/c1-2-19-20-8-12-14-7-16-6-10-3-4-11(15)5-13(10)18(14)9-17-12/h3-5,9,16H,2,6-8H2,1H3. The number of nitrogens with one attached hydrogen (secondary N) is 1. The molecule has 6 heteroatoms. The van der Waals surface area contributed by atoms with Crippen molar-refractivity contribution in [3.63, 3.8) is 0 Å². The fourth-order valence-corrected chi connectivity index (χ4v) is 2.33. The fourth-order valence-electron chi connectivity index (χ4n) is 2.33. The summed E-state index contributed by atoms with van der Waals surface area (Å²) in [7, 11) is 0. The zero-order valence-electron chi connectivity index (χ0n) is 11.2. The van der Waals surface area contributed by atoms with E-state index in [1.54, 1.807) is 12.4 Å². The average Bonchev–Trinajstić information content (AvgIpc) is 2.75. The molecule has 2 aromatic rings. The van der Waals surface area contributed by atoms with Crippen molar-refractivity contribution in [2.75, 3.05) is 6.61 Å². The van der Waals surface area contributed by atoms with Crippen LogP contribution in [0.15, 0.2) is 24.5 Å². The highest BCUT2D eigenvalue weighted by atomic mass is 19.1. The lowest BCUT2D eigenvalue weighted by molar-refractivity contribution is -0.301. The number of aromatic nitrogens is 2. The third-order valence-corrected chi connectivity index (χ3v) is 3.26. The van der Waals surface area contributed by atoms with E-state index in [1.807, 2.05) is 11.5 Å². The molecule has 2 heterocycles. The van der Waals surface area contributed by atoms with E-state index in [1.165, 1.54) is 12.1 Å². The number of halogens is 1. The minimum absolute atomic E-state index is 0.252. The molecule has 0 aliphatic carbocycles. The zero-order chi connectivity index (χ0) is 13.9. The fraction of sp³-hybridized carbons (Fsp3) is 0.357. The topological polar surface area (TPSA) is 48.3 Å². The van der Waals surface area contributed by atoms with Gasteiger partial charge in [0.25, 0.3) is 0 Å². The van der Waals surface area contributed by atoms with Gasteiger partial charge in [-0.25, -0.2) is 19.1 Å². The molecule has 1 aromatic heterocycles. The van der Waals surface area contributed by atoms with Gasteiger partial charge in [0, 0.05) is 13.1 Å². The summed E-state index contributed by atoms with van der Waals surface area (Å²) in [5.41, 5.74) is 3.62. The molecule has 0 saturated heterocycles. The number of fused-ring (bicyclic) bond motifs is 3. The minimum Gasteiger partial charge on any atom is -0.307 e. The summed E-state index contributed by atoms with van der Waals surface area (Å²) in [6.45, 7) is 3.98. The minimum atomic E-state index is -0.252. The summed E-state index contributed by atoms with van der Waals surface area (Å²) >= 11 is 0. The molecule has 0 radical (unpaired) electrons. The van der Waals surface area contributed by atoms with E-state index in [0.29, 0.717) is 19.7 Å². The van der Waals surface area contributed by atoms with Crippen LogP contribution in [0.4, 0.5) is 4.39 Å². The first kappa shape index (κ1) is 13.2. The Hall–Kier alpha value is -1.76. The molecule has 5 nitrogen and oxygen atoms in total. The molecule has 1 aliphatic rings. The van der Waals surface area contributed by atoms with Gasteiger partial charge in [0.05, 0.1) is 30.0 Å². The quantitative estimate of drug-likeness (QED) is 0.528. The van der Waals surface area contributed by atoms with Crippen molar-refractivity contribution in [2.45, 2.75) is 26.6 Å². The van der Waals surface area contributed by atoms with Crippen LogP contribution in [0, 0.1) is 5.82 Å². The van der Waals surface area contributed by atoms with Crippen LogP contribution in [0.2, 0.25) is 0 Å². The molecular formula is C14H16FN3O2. The SMILES string of the molecule is CCOOCc1ncn2c1CNCc1ccc(F)cc1-2. The molecule has 3 rings (SSSR count). The van der Waals surface area contributed by atoms with E-state index in [4.69, 9.17) is 9.78 Å². The Morgan fingerprint density at radius 1 is 1.35 bits per heavy atom. The molecular weight excluding hydrogens is 261 g/mol. The van der Waals surface area contributed by atoms with Gasteiger partial charge in [0.15, 0.2) is 0 Å². The Kier molecular flexibility index (Phi) is 3.77. The average molecular weight is 277 g/mol. The van der Waals surface area contributed by atoms with Gasteiger partial charge < -0.3 is 9.88 Å². The summed E-state index contributed by atoms with van der Waals surface area (Å²) in [4.78, 5) is 14.3. The van der Waals surface area contributed by atoms with Gasteiger partial charge in [0.1, 0.15) is 12.4 Å². The van der Waals surface area contributed by atoms with Crippen molar-refractivity contribution in [3.8, 4) is 5.69 Å². The Labute approximate surface area is 116 Å². The summed E-state index contributed by atoms with van der Waals surface area (Å²) in [5.74, 6) is -0.252. The van der Waals surface area contributed by atoms with Crippen LogP contribution in [0.1, 0.15) is 23.9 Å². The monoisotopic (exact) mass is 277 g/mol. The van der Waals surface area contributed by atoms with E-state index in [2.05, 4.69) is 10.3 Å². The molecule has 0 bridgehead atoms. The molecule has 20 heavy (non-hydrogen) atoms. The maximum Gasteiger partial charge on any atom is 0.126 e. The number of rotatable bonds is 4. The smallest absolute Gasteiger partial charge is 0.126 e. The Balaban J connectivity index is 1.96. The van der Waals surface area contributed by atoms with Crippen LogP contribution in [-0.2, 0) is 29.5 Å². The summed E-state index contributed by atoms with van der Waals surface area (Å²) in [6.07, 6.45) is 1.70. The molecule has 0 spiro atoms. The Morgan fingerprint density at radius 2 is 2.25 bits per heavy atom. The van der Waals surface area contributed by atoms with Crippen LogP contribution in [0.5, 0.6) is 0 Å². The molecule has 1 N–H and O–H groups in total. The van der Waals surface area contributed by atoms with Crippen molar-refractivity contribution in [3.05, 3.63) is 47.3 Å². The molecule has 1 aromatic carbocycles. The molecule has 0 saturated carbocycles. The van der Waals surface area contributed by atoms with E-state index in [-0.39, 0.29) is 12.4 Å². The number of nitrogens with zero attached hydrogens (tertiary/aromatic N) is 2. The van der Waals surface area contributed by atoms with Gasteiger partial charge in [-0.05, 0) is 24.6 Å². The third-order valence-electron chi connectivity index (χ3n) is 3.26. The summed E-state index contributed by atoms with van der Waals surface area (Å²) in [5, 5.41) is 3.32. The summed E-state index contributed by atoms with van der Waals surface area (Å²) in [6, 6.07) is 4.80. The second-order valence-electron chi connectivity index (χ2n) is 4.55. The largest absolute Gasteiger partial charge is 0.307 e. The van der Waals surface area contributed by atoms with Crippen LogP contribution < -0.4 is 5.32 Å². The molecule has 1 aliphatic heterocycles. The van der Waals surface area contributed by atoms with E-state index < -0.39 is 0 Å². The van der Waals surface area contributed by atoms with Gasteiger partial charge in [0.2, 0.25) is 0 Å². The normalized spacial score (nSPS) is 13.7. The van der Waals surface area contributed by atoms with Gasteiger partial charge in [-0.1, -0.05) is 6.07 Å². The number of hydrogen-bond donors (Lipinski definition) is 1. The van der Waals surface area contributed by atoms with Crippen LogP contribution in [0.3, 0.4) is 0 Å². The lowest BCUT2D eigenvalue weighted by Gasteiger charge is -2.09. The predicted molar refractivity (Wildman–Crippen MR) is 70.5 cm³/mol. The van der Waals surface area contributed by atoms with Crippen molar-refractivity contribution >= 4 is 0 Å². The van der Waals surface area contributed by atoms with Crippen LogP contribution in [0.25, 0.3) is 5.69 Å². The van der Waals surface area contributed by atoms with Gasteiger partial charge in [-0.15, -0.1) is 0 Å². The molecule has 0 unspecified atom stereocenters. The second kappa shape index (κ2) is 5.70. The second-order valence-corrected chi connectivity index (χ2v) is 4.55. The third kappa shape index (κ3) is 2.45. The first-order valence-electron chi connectivity index (χ1n) is 6.58. The van der Waals surface area contributed by atoms with Gasteiger partial charge in [-0.3, -0.25) is 0 Å². The highest BCUT2D eigenvalue weighted by Gasteiger charge is 2.18. The maximum absolute atomic E-state index is 13.5. The Morgan fingerprint density at radius 3 is 3.10 bits per heavy atom. The number of hydrogen-bond acceptors (Lipinski definition) is 4. The zero-order valence-corrected chi connectivity index (χ0v) is 11.2. The highest BCUT2D eigenvalue weighted by Crippen LogP contribution is 2.23. The lowest BCUT2D eigenvalue weighted by atomic mass is 10.1. The predicted octanol–water partition coefficient (Wildman–Crippen LogP) is 2.08. The first-order chi connectivity index (χ1) is 9.79. The Bertz CT molecular complexity index is 612. The first-order valence-corrected chi connectivity index (χ1v) is 6.58. The number of imidazole rings is 1. The lowest BCUT2D eigenvalue weighted by Crippen LogP contribution is -2.12.